The molecule has 2 aromatic heterocycles. The Bertz CT molecular complexity index is 1090. The predicted octanol–water partition coefficient (Wildman–Crippen LogP) is -0.241. The van der Waals surface area contributed by atoms with Gasteiger partial charge in [-0.2, -0.15) is 9.61 Å². The topological polar surface area (TPSA) is 131 Å². The van der Waals surface area contributed by atoms with Crippen molar-refractivity contribution < 1.29 is 14.7 Å². The van der Waals surface area contributed by atoms with Crippen molar-refractivity contribution in [2.75, 3.05) is 5.75 Å². The summed E-state index contributed by atoms with van der Waals surface area (Å²) in [7, 11) is 0. The van der Waals surface area contributed by atoms with E-state index in [2.05, 4.69) is 10.1 Å². The summed E-state index contributed by atoms with van der Waals surface area (Å²) in [6, 6.07) is 0.639. The number of aromatic nitrogens is 3. The van der Waals surface area contributed by atoms with Crippen molar-refractivity contribution in [1.82, 2.24) is 19.5 Å². The monoisotopic (exact) mass is 409 g/mol. The summed E-state index contributed by atoms with van der Waals surface area (Å²) in [5, 5.41) is 13.7. The van der Waals surface area contributed by atoms with E-state index >= 15 is 0 Å². The number of β-lactam (4-membered cyclic amide) rings is 1. The minimum absolute atomic E-state index is 0.166. The Balaban J connectivity index is 1.82. The van der Waals surface area contributed by atoms with E-state index in [1.807, 2.05) is 0 Å². The molecule has 0 unspecified atom stereocenters. The van der Waals surface area contributed by atoms with Crippen LogP contribution in [0.4, 0.5) is 0 Å². The van der Waals surface area contributed by atoms with Crippen molar-refractivity contribution in [1.29, 1.82) is 0 Å². The van der Waals surface area contributed by atoms with Gasteiger partial charge in [-0.15, -0.1) is 11.8 Å². The first-order chi connectivity index (χ1) is 12.3. The summed E-state index contributed by atoms with van der Waals surface area (Å²) >= 11 is 7.89. The highest BCUT2D eigenvalue weighted by molar-refractivity contribution is 8.00. The van der Waals surface area contributed by atoms with Crippen LogP contribution in [-0.2, 0) is 9.59 Å². The molecule has 0 spiro atoms. The number of nitrogens with zero attached hydrogens (tertiary/aromatic N) is 4. The molecule has 0 aliphatic carbocycles. The SMILES string of the molecule is Cc1cc(=O)n2nc(C(=S)C3=C(C(=O)O)N4C(=O)[C@@H](N)[C@H]4SC3)sc2n1. The van der Waals surface area contributed by atoms with Crippen molar-refractivity contribution in [2.24, 2.45) is 5.73 Å². The zero-order chi connectivity index (χ0) is 18.7. The lowest BCUT2D eigenvalue weighted by atomic mass is 10.0. The Kier molecular flexibility index (Phi) is 3.95. The number of fused-ring (bicyclic) bond motifs is 2. The number of carboxylic acids is 1. The van der Waals surface area contributed by atoms with E-state index in [1.165, 1.54) is 22.7 Å². The summed E-state index contributed by atoms with van der Waals surface area (Å²) in [5.41, 5.74) is 6.10. The summed E-state index contributed by atoms with van der Waals surface area (Å²) in [4.78, 5) is 41.8. The summed E-state index contributed by atoms with van der Waals surface area (Å²) in [6.07, 6.45) is 0. The zero-order valence-corrected chi connectivity index (χ0v) is 15.7. The smallest absolute Gasteiger partial charge is 0.353 e. The lowest BCUT2D eigenvalue weighted by Gasteiger charge is -2.47. The number of thiocarbonyl (C=S) groups is 1. The molecule has 4 heterocycles. The molecule has 9 nitrogen and oxygen atoms in total. The van der Waals surface area contributed by atoms with Gasteiger partial charge in [0.05, 0.1) is 4.86 Å². The number of rotatable bonds is 3. The van der Waals surface area contributed by atoms with Gasteiger partial charge in [-0.25, -0.2) is 9.78 Å². The lowest BCUT2D eigenvalue weighted by molar-refractivity contribution is -0.147. The maximum absolute atomic E-state index is 12.0. The van der Waals surface area contributed by atoms with Crippen LogP contribution in [0.2, 0.25) is 0 Å². The van der Waals surface area contributed by atoms with Gasteiger partial charge in [-0.3, -0.25) is 14.5 Å². The number of thioether (sulfide) groups is 1. The first-order valence-corrected chi connectivity index (χ1v) is 9.66. The van der Waals surface area contributed by atoms with Crippen LogP contribution in [0.25, 0.3) is 4.96 Å². The van der Waals surface area contributed by atoms with Crippen LogP contribution >= 0.6 is 35.3 Å². The van der Waals surface area contributed by atoms with Gasteiger partial charge in [0.1, 0.15) is 17.1 Å². The van der Waals surface area contributed by atoms with E-state index in [1.54, 1.807) is 6.92 Å². The van der Waals surface area contributed by atoms with Gasteiger partial charge in [-0.05, 0) is 6.92 Å². The van der Waals surface area contributed by atoms with Crippen LogP contribution in [0.15, 0.2) is 22.1 Å². The number of hydrogen-bond acceptors (Lipinski definition) is 9. The van der Waals surface area contributed by atoms with Gasteiger partial charge in [0.2, 0.25) is 10.9 Å². The van der Waals surface area contributed by atoms with E-state index in [0.717, 1.165) is 15.9 Å². The Morgan fingerprint density at radius 2 is 2.19 bits per heavy atom. The zero-order valence-electron chi connectivity index (χ0n) is 13.2. The fraction of sp³-hybridized carbons (Fsp3) is 0.286. The third-order valence-corrected chi connectivity index (χ3v) is 6.85. The summed E-state index contributed by atoms with van der Waals surface area (Å²) in [6.45, 7) is 1.70. The maximum Gasteiger partial charge on any atom is 0.353 e. The number of carbonyl (C=O) groups excluding carboxylic acids is 1. The molecule has 0 radical (unpaired) electrons. The second kappa shape index (κ2) is 5.94. The van der Waals surface area contributed by atoms with Gasteiger partial charge in [-0.1, -0.05) is 23.6 Å². The average molecular weight is 409 g/mol. The van der Waals surface area contributed by atoms with Gasteiger partial charge in [0, 0.05) is 23.1 Å². The number of aliphatic carboxylic acids is 1. The second-order valence-electron chi connectivity index (χ2n) is 5.73. The highest BCUT2D eigenvalue weighted by atomic mass is 32.2. The number of carboxylic acid groups (broad SMARTS) is 1. The predicted molar refractivity (Wildman–Crippen MR) is 99.3 cm³/mol. The molecular formula is C14H11N5O4S3. The quantitative estimate of drug-likeness (QED) is 0.400. The summed E-state index contributed by atoms with van der Waals surface area (Å²) < 4.78 is 1.13. The van der Waals surface area contributed by atoms with Crippen molar-refractivity contribution in [3.05, 3.63) is 38.4 Å². The van der Waals surface area contributed by atoms with Gasteiger partial charge < -0.3 is 10.8 Å². The minimum Gasteiger partial charge on any atom is -0.477 e. The van der Waals surface area contributed by atoms with Crippen LogP contribution in [0.5, 0.6) is 0 Å². The van der Waals surface area contributed by atoms with Crippen LogP contribution in [0, 0.1) is 6.92 Å². The molecule has 2 aliphatic rings. The van der Waals surface area contributed by atoms with Crippen LogP contribution in [-0.4, -0.2) is 58.5 Å². The van der Waals surface area contributed by atoms with E-state index in [-0.39, 0.29) is 16.1 Å². The molecule has 2 atom stereocenters. The van der Waals surface area contributed by atoms with Crippen molar-refractivity contribution in [3.63, 3.8) is 0 Å². The van der Waals surface area contributed by atoms with Crippen molar-refractivity contribution in [3.8, 4) is 0 Å². The third-order valence-electron chi connectivity index (χ3n) is 4.05. The number of hydrogen-bond donors (Lipinski definition) is 2. The molecule has 2 aromatic rings. The van der Waals surface area contributed by atoms with Gasteiger partial charge in [0.15, 0.2) is 5.01 Å². The molecule has 1 amide bonds. The fourth-order valence-corrected chi connectivity index (χ4v) is 5.48. The van der Waals surface area contributed by atoms with Gasteiger partial charge in [0.25, 0.3) is 5.56 Å². The fourth-order valence-electron chi connectivity index (χ4n) is 2.83. The van der Waals surface area contributed by atoms with Crippen LogP contribution in [0.1, 0.15) is 10.7 Å². The van der Waals surface area contributed by atoms with E-state index < -0.39 is 23.3 Å². The Hall–Kier alpha value is -2.15. The standard InChI is InChI=1S/C14H11N5O4S3/c1-4-2-6(20)19-14(16-4)26-10(17-19)9(24)5-3-25-12-7(15)11(21)18(12)8(5)13(22)23/h2,7,12H,3,15H2,1H3,(H,22,23)/t7-,12-/m1/s1. The molecule has 0 saturated carbocycles. The van der Waals surface area contributed by atoms with Crippen LogP contribution in [0.3, 0.4) is 0 Å². The molecule has 134 valence electrons. The number of nitrogens with two attached hydrogens (primary N) is 1. The largest absolute Gasteiger partial charge is 0.477 e. The van der Waals surface area contributed by atoms with Crippen molar-refractivity contribution >= 4 is 57.0 Å². The Morgan fingerprint density at radius 3 is 2.88 bits per heavy atom. The Labute approximate surface area is 159 Å². The second-order valence-corrected chi connectivity index (χ2v) is 8.20. The first kappa shape index (κ1) is 17.3. The molecular weight excluding hydrogens is 398 g/mol. The molecule has 12 heteroatoms. The minimum atomic E-state index is -1.25. The molecule has 2 aliphatic heterocycles. The van der Waals surface area contributed by atoms with E-state index in [4.69, 9.17) is 18.0 Å². The van der Waals surface area contributed by atoms with Gasteiger partial charge >= 0.3 is 5.97 Å². The van der Waals surface area contributed by atoms with Crippen LogP contribution < -0.4 is 11.3 Å². The molecule has 4 rings (SSSR count). The molecule has 1 fully saturated rings. The first-order valence-electron chi connectivity index (χ1n) is 7.38. The molecule has 0 bridgehead atoms. The number of carbonyl (C=O) groups is 2. The highest BCUT2D eigenvalue weighted by Gasteiger charge is 2.52. The molecule has 3 N–H and O–H groups in total. The molecule has 1 saturated heterocycles. The van der Waals surface area contributed by atoms with E-state index in [9.17, 15) is 19.5 Å². The van der Waals surface area contributed by atoms with Crippen molar-refractivity contribution in [2.45, 2.75) is 18.3 Å². The Morgan fingerprint density at radius 1 is 1.46 bits per heavy atom. The maximum atomic E-state index is 12.0. The molecule has 26 heavy (non-hydrogen) atoms. The summed E-state index contributed by atoms with van der Waals surface area (Å²) in [5.74, 6) is -1.40. The lowest BCUT2D eigenvalue weighted by Crippen LogP contribution is -2.68. The third kappa shape index (κ3) is 2.40. The normalized spacial score (nSPS) is 22.4. The molecule has 0 aromatic carbocycles. The highest BCUT2D eigenvalue weighted by Crippen LogP contribution is 2.40. The average Bonchev–Trinajstić information content (AvgIpc) is 3.03. The van der Waals surface area contributed by atoms with E-state index in [0.29, 0.717) is 27.0 Å². The number of amides is 1. The number of aryl methyl sites for hydroxylation is 1.